The van der Waals surface area contributed by atoms with Crippen LogP contribution in [0.4, 0.5) is 13.2 Å². The summed E-state index contributed by atoms with van der Waals surface area (Å²) in [7, 11) is 0. The number of rotatable bonds is 3. The van der Waals surface area contributed by atoms with Gasteiger partial charge in [0.05, 0.1) is 17.7 Å². The number of carbonyl (C=O) groups is 1. The van der Waals surface area contributed by atoms with Gasteiger partial charge in [0.2, 0.25) is 0 Å². The van der Waals surface area contributed by atoms with E-state index in [4.69, 9.17) is 4.74 Å². The molecule has 7 heteroatoms. The van der Waals surface area contributed by atoms with Crippen LogP contribution in [0.15, 0.2) is 36.5 Å². The smallest absolute Gasteiger partial charge is 0.416 e. The highest BCUT2D eigenvalue weighted by atomic mass is 19.4. The topological polar surface area (TPSA) is 42.4 Å². The van der Waals surface area contributed by atoms with Gasteiger partial charge in [0.15, 0.2) is 0 Å². The number of benzene rings is 1. The van der Waals surface area contributed by atoms with Gasteiger partial charge >= 0.3 is 6.18 Å². The van der Waals surface area contributed by atoms with E-state index in [1.165, 1.54) is 11.0 Å². The van der Waals surface area contributed by atoms with Gasteiger partial charge in [0.1, 0.15) is 11.9 Å². The third-order valence-electron chi connectivity index (χ3n) is 4.90. The Morgan fingerprint density at radius 1 is 1.30 bits per heavy atom. The Bertz CT molecular complexity index is 834. The molecular weight excluding hydrogens is 357 g/mol. The first-order chi connectivity index (χ1) is 12.7. The highest BCUT2D eigenvalue weighted by Crippen LogP contribution is 2.36. The molecule has 2 aromatic rings. The summed E-state index contributed by atoms with van der Waals surface area (Å²) in [6, 6.07) is 6.91. The van der Waals surface area contributed by atoms with Gasteiger partial charge in [-0.05, 0) is 43.7 Å². The van der Waals surface area contributed by atoms with E-state index in [2.05, 4.69) is 4.98 Å². The average Bonchev–Trinajstić information content (AvgIpc) is 2.77. The number of carbonyl (C=O) groups excluding carboxylic acids is 1. The first-order valence-electron chi connectivity index (χ1n) is 8.80. The number of aromatic nitrogens is 1. The molecule has 0 spiro atoms. The van der Waals surface area contributed by atoms with E-state index >= 15 is 0 Å². The number of hydrogen-bond donors (Lipinski definition) is 0. The normalized spacial score (nSPS) is 18.5. The molecule has 0 saturated carbocycles. The summed E-state index contributed by atoms with van der Waals surface area (Å²) in [5.41, 5.74) is 0.930. The summed E-state index contributed by atoms with van der Waals surface area (Å²) in [5.74, 6) is -0.357. The predicted octanol–water partition coefficient (Wildman–Crippen LogP) is 4.44. The van der Waals surface area contributed by atoms with Crippen LogP contribution in [0.5, 0.6) is 5.75 Å². The van der Waals surface area contributed by atoms with Gasteiger partial charge in [0, 0.05) is 24.4 Å². The maximum atomic E-state index is 13.1. The number of alkyl halides is 3. The van der Waals surface area contributed by atoms with Crippen molar-refractivity contribution in [3.8, 4) is 5.75 Å². The molecule has 0 bridgehead atoms. The maximum Gasteiger partial charge on any atom is 0.416 e. The lowest BCUT2D eigenvalue weighted by Gasteiger charge is -2.27. The minimum atomic E-state index is -4.51. The molecule has 0 saturated heterocycles. The molecule has 2 unspecified atom stereocenters. The molecule has 0 radical (unpaired) electrons. The van der Waals surface area contributed by atoms with Gasteiger partial charge in [-0.25, -0.2) is 0 Å². The van der Waals surface area contributed by atoms with Crippen molar-refractivity contribution in [2.45, 2.75) is 39.0 Å². The van der Waals surface area contributed by atoms with Crippen LogP contribution in [0, 0.1) is 6.92 Å². The van der Waals surface area contributed by atoms with E-state index < -0.39 is 23.8 Å². The number of pyridine rings is 1. The van der Waals surface area contributed by atoms with Crippen LogP contribution in [-0.4, -0.2) is 35.0 Å². The Kier molecular flexibility index (Phi) is 5.13. The Labute approximate surface area is 156 Å². The molecule has 144 valence electrons. The predicted molar refractivity (Wildman–Crippen MR) is 94.8 cm³/mol. The fourth-order valence-corrected chi connectivity index (χ4v) is 3.14. The lowest BCUT2D eigenvalue weighted by atomic mass is 9.96. The number of fused-ring (bicyclic) bond motifs is 1. The summed E-state index contributed by atoms with van der Waals surface area (Å²) in [6.07, 6.45) is -3.14. The second-order valence-corrected chi connectivity index (χ2v) is 6.73. The molecule has 3 rings (SSSR count). The van der Waals surface area contributed by atoms with E-state index in [-0.39, 0.29) is 17.2 Å². The van der Waals surface area contributed by atoms with Gasteiger partial charge in [-0.2, -0.15) is 13.2 Å². The zero-order chi connectivity index (χ0) is 19.8. The number of amides is 1. The van der Waals surface area contributed by atoms with E-state index in [0.717, 1.165) is 23.4 Å². The minimum Gasteiger partial charge on any atom is -0.487 e. The second kappa shape index (κ2) is 7.21. The molecule has 1 aliphatic heterocycles. The quantitative estimate of drug-likeness (QED) is 0.793. The number of nitrogens with zero attached hydrogens (tertiary/aromatic N) is 2. The highest BCUT2D eigenvalue weighted by Gasteiger charge is 2.36. The molecule has 1 aromatic heterocycles. The first kappa shape index (κ1) is 19.2. The van der Waals surface area contributed by atoms with E-state index in [1.54, 1.807) is 13.1 Å². The Morgan fingerprint density at radius 3 is 2.63 bits per heavy atom. The summed E-state index contributed by atoms with van der Waals surface area (Å²) < 4.78 is 45.2. The van der Waals surface area contributed by atoms with Crippen LogP contribution < -0.4 is 4.74 Å². The molecular formula is C20H21F3N2O2. The summed E-state index contributed by atoms with van der Waals surface area (Å²) in [6.45, 7) is 6.33. The third-order valence-corrected chi connectivity index (χ3v) is 4.90. The summed E-state index contributed by atoms with van der Waals surface area (Å²) in [5, 5.41) is 0. The number of aryl methyl sites for hydroxylation is 1. The molecule has 2 atom stereocenters. The Morgan fingerprint density at radius 2 is 2.04 bits per heavy atom. The lowest BCUT2D eigenvalue weighted by molar-refractivity contribution is -0.137. The van der Waals surface area contributed by atoms with Crippen LogP contribution >= 0.6 is 0 Å². The molecule has 1 amide bonds. The van der Waals surface area contributed by atoms with E-state index in [0.29, 0.717) is 13.1 Å². The molecule has 27 heavy (non-hydrogen) atoms. The van der Waals surface area contributed by atoms with Crippen LogP contribution in [0.3, 0.4) is 0 Å². The van der Waals surface area contributed by atoms with Crippen molar-refractivity contribution in [3.63, 3.8) is 0 Å². The fourth-order valence-electron chi connectivity index (χ4n) is 3.14. The number of hydrogen-bond acceptors (Lipinski definition) is 3. The Hall–Kier alpha value is -2.57. The molecule has 1 aliphatic rings. The summed E-state index contributed by atoms with van der Waals surface area (Å²) in [4.78, 5) is 18.6. The van der Waals surface area contributed by atoms with Crippen molar-refractivity contribution >= 4 is 5.91 Å². The molecule has 0 N–H and O–H groups in total. The van der Waals surface area contributed by atoms with Gasteiger partial charge in [-0.15, -0.1) is 0 Å². The number of ether oxygens (including phenoxy) is 1. The first-order valence-corrected chi connectivity index (χ1v) is 8.80. The van der Waals surface area contributed by atoms with Gasteiger partial charge < -0.3 is 9.64 Å². The van der Waals surface area contributed by atoms with Crippen molar-refractivity contribution in [2.24, 2.45) is 0 Å². The minimum absolute atomic E-state index is 0.0524. The van der Waals surface area contributed by atoms with Gasteiger partial charge in [-0.1, -0.05) is 13.0 Å². The van der Waals surface area contributed by atoms with Crippen LogP contribution in [-0.2, 0) is 6.18 Å². The van der Waals surface area contributed by atoms with Gasteiger partial charge in [0.25, 0.3) is 5.91 Å². The lowest BCUT2D eigenvalue weighted by Crippen LogP contribution is -2.39. The zero-order valence-corrected chi connectivity index (χ0v) is 15.4. The summed E-state index contributed by atoms with van der Waals surface area (Å²) >= 11 is 0. The highest BCUT2D eigenvalue weighted by molar-refractivity contribution is 5.97. The van der Waals surface area contributed by atoms with Crippen molar-refractivity contribution in [1.29, 1.82) is 0 Å². The van der Waals surface area contributed by atoms with Gasteiger partial charge in [-0.3, -0.25) is 9.78 Å². The largest absolute Gasteiger partial charge is 0.487 e. The fraction of sp³-hybridized carbons (Fsp3) is 0.400. The second-order valence-electron chi connectivity index (χ2n) is 6.73. The average molecular weight is 378 g/mol. The molecule has 0 fully saturated rings. The number of likely N-dealkylation sites (N-methyl/N-ethyl adjacent to an activating group) is 1. The van der Waals surface area contributed by atoms with Crippen molar-refractivity contribution in [1.82, 2.24) is 9.88 Å². The van der Waals surface area contributed by atoms with Crippen LogP contribution in [0.1, 0.15) is 46.9 Å². The molecule has 2 heterocycles. The van der Waals surface area contributed by atoms with E-state index in [9.17, 15) is 18.0 Å². The van der Waals surface area contributed by atoms with Crippen LogP contribution in [0.2, 0.25) is 0 Å². The molecule has 4 nitrogen and oxygen atoms in total. The zero-order valence-electron chi connectivity index (χ0n) is 15.4. The standard InChI is InChI=1S/C20H21F3N2O2/c1-4-25-11-18(13(3)14-6-5-12(2)24-10-14)27-17-8-7-15(20(21,22)23)9-16(17)19(25)26/h5-10,13,18H,4,11H2,1-3H3. The molecule has 0 aliphatic carbocycles. The van der Waals surface area contributed by atoms with Crippen LogP contribution in [0.25, 0.3) is 0 Å². The number of halogens is 3. The Balaban J connectivity index is 1.98. The third kappa shape index (κ3) is 3.91. The maximum absolute atomic E-state index is 13.1. The van der Waals surface area contributed by atoms with Crippen molar-refractivity contribution < 1.29 is 22.7 Å². The van der Waals surface area contributed by atoms with Crippen molar-refractivity contribution in [3.05, 3.63) is 58.9 Å². The SMILES string of the molecule is CCN1CC(C(C)c2ccc(C)nc2)Oc2ccc(C(F)(F)F)cc2C1=O. The monoisotopic (exact) mass is 378 g/mol. The molecule has 1 aromatic carbocycles. The van der Waals surface area contributed by atoms with E-state index in [1.807, 2.05) is 26.0 Å². The van der Waals surface area contributed by atoms with Crippen molar-refractivity contribution in [2.75, 3.05) is 13.1 Å².